The zero-order valence-corrected chi connectivity index (χ0v) is 6.86. The lowest BCUT2D eigenvalue weighted by molar-refractivity contribution is 0.218. The van der Waals surface area contributed by atoms with Crippen molar-refractivity contribution in [2.24, 2.45) is 4.99 Å². The minimum Gasteiger partial charge on any atom is -0.336 e. The van der Waals surface area contributed by atoms with Gasteiger partial charge in [-0.3, -0.25) is 0 Å². The minimum atomic E-state index is -0.00966. The molecule has 5 heteroatoms. The summed E-state index contributed by atoms with van der Waals surface area (Å²) in [5.74, 6) is 0. The maximum atomic E-state index is 10.9. The van der Waals surface area contributed by atoms with E-state index in [2.05, 4.69) is 27.7 Å². The smallest absolute Gasteiger partial charge is 0.317 e. The highest BCUT2D eigenvalue weighted by Gasteiger charge is 2.17. The maximum Gasteiger partial charge on any atom is 0.317 e. The van der Waals surface area contributed by atoms with Crippen molar-refractivity contribution in [2.75, 3.05) is 26.2 Å². The molecular weight excluding hydrogens is 162 g/mol. The van der Waals surface area contributed by atoms with E-state index in [1.54, 1.807) is 4.90 Å². The van der Waals surface area contributed by atoms with Gasteiger partial charge in [0.15, 0.2) is 0 Å². The molecule has 0 aromatic rings. The molecule has 1 aliphatic rings. The van der Waals surface area contributed by atoms with Gasteiger partial charge in [0, 0.05) is 19.6 Å². The third kappa shape index (κ3) is 2.29. The predicted octanol–water partition coefficient (Wildman–Crippen LogP) is 0.114. The molecule has 0 spiro atoms. The van der Waals surface area contributed by atoms with E-state index >= 15 is 0 Å². The van der Waals surface area contributed by atoms with Gasteiger partial charge in [-0.25, -0.2) is 9.79 Å². The third-order valence-electron chi connectivity index (χ3n) is 1.49. The second-order valence-electron chi connectivity index (χ2n) is 2.19. The average Bonchev–Trinajstić information content (AvgIpc) is 2.37. The number of isothiocyanates is 1. The van der Waals surface area contributed by atoms with E-state index in [1.165, 1.54) is 0 Å². The van der Waals surface area contributed by atoms with Crippen molar-refractivity contribution in [3.8, 4) is 0 Å². The molecule has 0 aromatic carbocycles. The fraction of sp³-hybridized carbons (Fsp3) is 0.667. The number of hydrogen-bond acceptors (Lipinski definition) is 3. The normalized spacial score (nSPS) is 16.0. The van der Waals surface area contributed by atoms with Crippen LogP contribution in [0.2, 0.25) is 0 Å². The van der Waals surface area contributed by atoms with Crippen molar-refractivity contribution in [3.63, 3.8) is 0 Å². The number of carbonyl (C=O) groups excluding carboxylic acids is 1. The van der Waals surface area contributed by atoms with Gasteiger partial charge in [0.2, 0.25) is 0 Å². The summed E-state index contributed by atoms with van der Waals surface area (Å²) in [4.78, 5) is 16.3. The molecule has 1 saturated heterocycles. The summed E-state index contributed by atoms with van der Waals surface area (Å²) in [5.41, 5.74) is 0. The number of carbonyl (C=O) groups is 1. The Bertz CT molecular complexity index is 200. The summed E-state index contributed by atoms with van der Waals surface area (Å²) in [6.45, 7) is 2.69. The lowest BCUT2D eigenvalue weighted by Crippen LogP contribution is -2.30. The Kier molecular flexibility index (Phi) is 3.01. The second kappa shape index (κ2) is 4.05. The van der Waals surface area contributed by atoms with Crippen molar-refractivity contribution in [1.29, 1.82) is 0 Å². The first-order valence-electron chi connectivity index (χ1n) is 3.41. The van der Waals surface area contributed by atoms with Crippen LogP contribution in [0.3, 0.4) is 0 Å². The fourth-order valence-corrected chi connectivity index (χ4v) is 1.03. The summed E-state index contributed by atoms with van der Waals surface area (Å²) >= 11 is 4.39. The van der Waals surface area contributed by atoms with Gasteiger partial charge in [0.05, 0.1) is 11.7 Å². The maximum absolute atomic E-state index is 10.9. The molecule has 1 fully saturated rings. The zero-order chi connectivity index (χ0) is 8.10. The standard InChI is InChI=1S/C6H9N3OS/c10-6-8-2-4-9(6)3-1-7-5-11/h1-4H2,(H,8,10). The molecule has 2 amide bonds. The first kappa shape index (κ1) is 8.17. The summed E-state index contributed by atoms with van der Waals surface area (Å²) < 4.78 is 0. The van der Waals surface area contributed by atoms with Crippen molar-refractivity contribution in [3.05, 3.63) is 0 Å². The monoisotopic (exact) mass is 171 g/mol. The molecule has 0 aliphatic carbocycles. The number of nitrogens with zero attached hydrogens (tertiary/aromatic N) is 2. The van der Waals surface area contributed by atoms with Crippen LogP contribution >= 0.6 is 12.2 Å². The van der Waals surface area contributed by atoms with Gasteiger partial charge in [-0.15, -0.1) is 0 Å². The van der Waals surface area contributed by atoms with Crippen molar-refractivity contribution < 1.29 is 4.79 Å². The number of urea groups is 1. The Labute approximate surface area is 70.3 Å². The van der Waals surface area contributed by atoms with Gasteiger partial charge >= 0.3 is 6.03 Å². The Morgan fingerprint density at radius 1 is 1.82 bits per heavy atom. The second-order valence-corrected chi connectivity index (χ2v) is 2.37. The molecule has 0 bridgehead atoms. The molecule has 1 aliphatic heterocycles. The van der Waals surface area contributed by atoms with Crippen LogP contribution in [-0.2, 0) is 0 Å². The summed E-state index contributed by atoms with van der Waals surface area (Å²) in [7, 11) is 0. The lowest BCUT2D eigenvalue weighted by atomic mass is 10.5. The van der Waals surface area contributed by atoms with Crippen molar-refractivity contribution >= 4 is 23.4 Å². The van der Waals surface area contributed by atoms with Crippen LogP contribution in [0.1, 0.15) is 0 Å². The van der Waals surface area contributed by atoms with Crippen molar-refractivity contribution in [2.45, 2.75) is 0 Å². The summed E-state index contributed by atoms with van der Waals surface area (Å²) in [6.07, 6.45) is 0. The number of amides is 2. The van der Waals surface area contributed by atoms with E-state index in [0.29, 0.717) is 13.1 Å². The average molecular weight is 171 g/mol. The fourth-order valence-electron chi connectivity index (χ4n) is 0.941. The van der Waals surface area contributed by atoms with E-state index < -0.39 is 0 Å². The quantitative estimate of drug-likeness (QED) is 0.484. The van der Waals surface area contributed by atoms with Crippen LogP contribution in [0.4, 0.5) is 4.79 Å². The lowest BCUT2D eigenvalue weighted by Gasteiger charge is -2.10. The molecule has 60 valence electrons. The first-order chi connectivity index (χ1) is 5.34. The number of hydrogen-bond donors (Lipinski definition) is 1. The van der Waals surface area contributed by atoms with Crippen LogP contribution in [-0.4, -0.2) is 42.3 Å². The van der Waals surface area contributed by atoms with Gasteiger partial charge < -0.3 is 10.2 Å². The summed E-state index contributed by atoms with van der Waals surface area (Å²) in [5, 5.41) is 4.95. The molecule has 0 saturated carbocycles. The van der Waals surface area contributed by atoms with E-state index in [4.69, 9.17) is 0 Å². The largest absolute Gasteiger partial charge is 0.336 e. The first-order valence-corrected chi connectivity index (χ1v) is 3.82. The van der Waals surface area contributed by atoms with Crippen LogP contribution < -0.4 is 5.32 Å². The Morgan fingerprint density at radius 2 is 2.64 bits per heavy atom. The molecule has 1 heterocycles. The van der Waals surface area contributed by atoms with Gasteiger partial charge in [-0.1, -0.05) is 0 Å². The number of rotatable bonds is 3. The van der Waals surface area contributed by atoms with Gasteiger partial charge in [-0.05, 0) is 12.2 Å². The molecule has 11 heavy (non-hydrogen) atoms. The van der Waals surface area contributed by atoms with Gasteiger partial charge in [0.1, 0.15) is 0 Å². The minimum absolute atomic E-state index is 0.00966. The Balaban J connectivity index is 2.25. The number of aliphatic imine (C=N–C) groups is 1. The molecule has 0 aromatic heterocycles. The molecule has 1 N–H and O–H groups in total. The number of thiocarbonyl (C=S) groups is 1. The predicted molar refractivity (Wildman–Crippen MR) is 44.9 cm³/mol. The van der Waals surface area contributed by atoms with Crippen LogP contribution in [0.5, 0.6) is 0 Å². The molecule has 4 nitrogen and oxygen atoms in total. The van der Waals surface area contributed by atoms with Crippen LogP contribution in [0.15, 0.2) is 4.99 Å². The highest BCUT2D eigenvalue weighted by atomic mass is 32.1. The molecular formula is C6H9N3OS. The highest BCUT2D eigenvalue weighted by Crippen LogP contribution is 1.94. The molecule has 0 radical (unpaired) electrons. The SMILES string of the molecule is O=C1NCCN1CCN=C=S. The number of nitrogens with one attached hydrogen (secondary N) is 1. The van der Waals surface area contributed by atoms with Gasteiger partial charge in [-0.2, -0.15) is 0 Å². The highest BCUT2D eigenvalue weighted by molar-refractivity contribution is 7.78. The summed E-state index contributed by atoms with van der Waals surface area (Å²) in [6, 6.07) is -0.00966. The third-order valence-corrected chi connectivity index (χ3v) is 1.62. The molecule has 0 unspecified atom stereocenters. The Hall–Kier alpha value is -0.930. The topological polar surface area (TPSA) is 44.7 Å². The van der Waals surface area contributed by atoms with E-state index in [0.717, 1.165) is 13.1 Å². The van der Waals surface area contributed by atoms with E-state index in [1.807, 2.05) is 0 Å². The van der Waals surface area contributed by atoms with E-state index in [-0.39, 0.29) is 6.03 Å². The van der Waals surface area contributed by atoms with E-state index in [9.17, 15) is 4.79 Å². The van der Waals surface area contributed by atoms with Crippen molar-refractivity contribution in [1.82, 2.24) is 10.2 Å². The van der Waals surface area contributed by atoms with Crippen LogP contribution in [0.25, 0.3) is 0 Å². The molecule has 0 atom stereocenters. The zero-order valence-electron chi connectivity index (χ0n) is 6.04. The Morgan fingerprint density at radius 3 is 3.18 bits per heavy atom. The van der Waals surface area contributed by atoms with Crippen LogP contribution in [0, 0.1) is 0 Å². The van der Waals surface area contributed by atoms with Gasteiger partial charge in [0.25, 0.3) is 0 Å². The molecule has 1 rings (SSSR count).